The molecule has 2 amide bonds. The summed E-state index contributed by atoms with van der Waals surface area (Å²) in [5, 5.41) is 5.68. The number of carbonyl (C=O) groups is 2. The Morgan fingerprint density at radius 2 is 1.81 bits per heavy atom. The van der Waals surface area contributed by atoms with Gasteiger partial charge in [0.25, 0.3) is 0 Å². The van der Waals surface area contributed by atoms with Crippen LogP contribution in [0.15, 0.2) is 24.3 Å². The second-order valence-corrected chi connectivity index (χ2v) is 7.97. The molecular formula is C21H34ClN3O2. The molecule has 1 aromatic carbocycles. The molecule has 0 radical (unpaired) electrons. The molecule has 152 valence electrons. The Morgan fingerprint density at radius 3 is 2.41 bits per heavy atom. The van der Waals surface area contributed by atoms with E-state index in [0.717, 1.165) is 12.8 Å². The lowest BCUT2D eigenvalue weighted by atomic mass is 9.69. The fourth-order valence-electron chi connectivity index (χ4n) is 3.69. The van der Waals surface area contributed by atoms with Crippen molar-refractivity contribution in [3.05, 3.63) is 35.4 Å². The summed E-state index contributed by atoms with van der Waals surface area (Å²) >= 11 is 0. The van der Waals surface area contributed by atoms with Crippen molar-refractivity contribution in [2.45, 2.75) is 64.3 Å². The van der Waals surface area contributed by atoms with Crippen LogP contribution in [0.1, 0.15) is 57.1 Å². The van der Waals surface area contributed by atoms with E-state index in [-0.39, 0.29) is 42.1 Å². The Balaban J connectivity index is 0.00000364. The van der Waals surface area contributed by atoms with Crippen LogP contribution in [-0.4, -0.2) is 30.9 Å². The van der Waals surface area contributed by atoms with E-state index in [1.165, 1.54) is 30.4 Å². The van der Waals surface area contributed by atoms with Crippen LogP contribution < -0.4 is 16.4 Å². The first-order chi connectivity index (χ1) is 12.3. The van der Waals surface area contributed by atoms with Crippen molar-refractivity contribution in [1.29, 1.82) is 0 Å². The Labute approximate surface area is 169 Å². The minimum Gasteiger partial charge on any atom is -0.354 e. The van der Waals surface area contributed by atoms with Gasteiger partial charge in [0.05, 0.1) is 12.6 Å². The van der Waals surface area contributed by atoms with E-state index in [4.69, 9.17) is 5.73 Å². The largest absolute Gasteiger partial charge is 0.354 e. The van der Waals surface area contributed by atoms with Crippen LogP contribution in [0.2, 0.25) is 0 Å². The maximum Gasteiger partial charge on any atom is 0.239 e. The van der Waals surface area contributed by atoms with Gasteiger partial charge >= 0.3 is 0 Å². The Kier molecular flexibility index (Phi) is 9.27. The smallest absolute Gasteiger partial charge is 0.239 e. The number of nitrogens with two attached hydrogens (primary N) is 1. The fourth-order valence-corrected chi connectivity index (χ4v) is 3.69. The summed E-state index contributed by atoms with van der Waals surface area (Å²) in [6.45, 7) is 6.47. The first kappa shape index (κ1) is 23.4. The number of amides is 2. The molecule has 0 heterocycles. The predicted molar refractivity (Wildman–Crippen MR) is 112 cm³/mol. The number of benzene rings is 1. The molecule has 1 aliphatic carbocycles. The molecule has 1 aromatic rings. The molecule has 0 spiro atoms. The van der Waals surface area contributed by atoms with Gasteiger partial charge in [0, 0.05) is 12.0 Å². The lowest BCUT2D eigenvalue weighted by Crippen LogP contribution is -2.49. The average molecular weight is 396 g/mol. The zero-order chi connectivity index (χ0) is 19.2. The van der Waals surface area contributed by atoms with E-state index in [1.807, 2.05) is 13.8 Å². The van der Waals surface area contributed by atoms with Gasteiger partial charge < -0.3 is 16.4 Å². The quantitative estimate of drug-likeness (QED) is 0.663. The topological polar surface area (TPSA) is 84.2 Å². The summed E-state index contributed by atoms with van der Waals surface area (Å²) in [6, 6.07) is 8.02. The van der Waals surface area contributed by atoms with Crippen molar-refractivity contribution in [2.24, 2.45) is 11.7 Å². The minimum absolute atomic E-state index is 0. The fraction of sp³-hybridized carbons (Fsp3) is 0.619. The molecule has 0 aromatic heterocycles. The molecular weight excluding hydrogens is 362 g/mol. The number of rotatable bonds is 7. The summed E-state index contributed by atoms with van der Waals surface area (Å²) in [5.41, 5.74) is 8.36. The summed E-state index contributed by atoms with van der Waals surface area (Å²) in [5.74, 6) is -0.391. The van der Waals surface area contributed by atoms with E-state index >= 15 is 0 Å². The van der Waals surface area contributed by atoms with Crippen LogP contribution in [0, 0.1) is 12.8 Å². The number of hydrogen-bond donors (Lipinski definition) is 3. The molecule has 4 N–H and O–H groups in total. The standard InChI is InChI=1S/C21H33N3O2.ClH/c1-15(2)19(22)20(26)23-13-18(25)24-14-21(10-5-4-6-11-21)17-9-7-8-16(3)12-17;/h7-9,12,15,19H,4-6,10-11,13-14,22H2,1-3H3,(H,23,26)(H,24,25);1H/t19-;/m0./s1. The van der Waals surface area contributed by atoms with Crippen molar-refractivity contribution < 1.29 is 9.59 Å². The second-order valence-electron chi connectivity index (χ2n) is 7.97. The van der Waals surface area contributed by atoms with E-state index in [9.17, 15) is 9.59 Å². The molecule has 6 heteroatoms. The van der Waals surface area contributed by atoms with Crippen molar-refractivity contribution in [3.63, 3.8) is 0 Å². The van der Waals surface area contributed by atoms with Crippen molar-refractivity contribution in [1.82, 2.24) is 10.6 Å². The molecule has 1 atom stereocenters. The van der Waals surface area contributed by atoms with Crippen LogP contribution in [0.5, 0.6) is 0 Å². The molecule has 0 bridgehead atoms. The molecule has 0 aliphatic heterocycles. The zero-order valence-corrected chi connectivity index (χ0v) is 17.5. The summed E-state index contributed by atoms with van der Waals surface area (Å²) in [7, 11) is 0. The van der Waals surface area contributed by atoms with Crippen LogP contribution in [0.3, 0.4) is 0 Å². The zero-order valence-electron chi connectivity index (χ0n) is 16.7. The number of carbonyl (C=O) groups excluding carboxylic acids is 2. The highest BCUT2D eigenvalue weighted by atomic mass is 35.5. The molecule has 1 aliphatic rings. The van der Waals surface area contributed by atoms with Crippen LogP contribution >= 0.6 is 12.4 Å². The third kappa shape index (κ3) is 6.51. The number of hydrogen-bond acceptors (Lipinski definition) is 3. The van der Waals surface area contributed by atoms with Gasteiger partial charge in [0.2, 0.25) is 11.8 Å². The Morgan fingerprint density at radius 1 is 1.15 bits per heavy atom. The van der Waals surface area contributed by atoms with E-state index in [0.29, 0.717) is 6.54 Å². The van der Waals surface area contributed by atoms with E-state index in [1.54, 1.807) is 0 Å². The minimum atomic E-state index is -0.584. The van der Waals surface area contributed by atoms with Gasteiger partial charge in [-0.05, 0) is 31.2 Å². The number of aryl methyl sites for hydroxylation is 1. The third-order valence-electron chi connectivity index (χ3n) is 5.51. The molecule has 27 heavy (non-hydrogen) atoms. The molecule has 1 saturated carbocycles. The predicted octanol–water partition coefficient (Wildman–Crippen LogP) is 2.83. The van der Waals surface area contributed by atoms with Gasteiger partial charge in [-0.15, -0.1) is 12.4 Å². The first-order valence-electron chi connectivity index (χ1n) is 9.71. The van der Waals surface area contributed by atoms with Crippen LogP contribution in [-0.2, 0) is 15.0 Å². The lowest BCUT2D eigenvalue weighted by Gasteiger charge is -2.38. The maximum absolute atomic E-state index is 12.3. The molecule has 1 fully saturated rings. The Hall–Kier alpha value is -1.59. The summed E-state index contributed by atoms with van der Waals surface area (Å²) in [4.78, 5) is 24.2. The van der Waals surface area contributed by atoms with Crippen LogP contribution in [0.25, 0.3) is 0 Å². The number of nitrogens with one attached hydrogen (secondary N) is 2. The highest BCUT2D eigenvalue weighted by Gasteiger charge is 2.34. The van der Waals surface area contributed by atoms with Gasteiger partial charge in [-0.25, -0.2) is 0 Å². The first-order valence-corrected chi connectivity index (χ1v) is 9.71. The third-order valence-corrected chi connectivity index (χ3v) is 5.51. The molecule has 0 saturated heterocycles. The maximum atomic E-state index is 12.3. The normalized spacial score (nSPS) is 16.9. The van der Waals surface area contributed by atoms with Gasteiger partial charge in [-0.3, -0.25) is 9.59 Å². The van der Waals surface area contributed by atoms with Gasteiger partial charge in [-0.2, -0.15) is 0 Å². The van der Waals surface area contributed by atoms with Gasteiger partial charge in [0.15, 0.2) is 0 Å². The van der Waals surface area contributed by atoms with Crippen LogP contribution in [0.4, 0.5) is 0 Å². The monoisotopic (exact) mass is 395 g/mol. The lowest BCUT2D eigenvalue weighted by molar-refractivity contribution is -0.127. The van der Waals surface area contributed by atoms with E-state index < -0.39 is 6.04 Å². The Bertz CT molecular complexity index is 628. The van der Waals surface area contributed by atoms with Crippen molar-refractivity contribution >= 4 is 24.2 Å². The van der Waals surface area contributed by atoms with Gasteiger partial charge in [0.1, 0.15) is 0 Å². The number of halogens is 1. The molecule has 5 nitrogen and oxygen atoms in total. The van der Waals surface area contributed by atoms with Crippen molar-refractivity contribution in [2.75, 3.05) is 13.1 Å². The highest BCUT2D eigenvalue weighted by molar-refractivity contribution is 5.87. The van der Waals surface area contributed by atoms with Crippen molar-refractivity contribution in [3.8, 4) is 0 Å². The average Bonchev–Trinajstić information content (AvgIpc) is 2.64. The summed E-state index contributed by atoms with van der Waals surface area (Å²) in [6.07, 6.45) is 5.79. The highest BCUT2D eigenvalue weighted by Crippen LogP contribution is 2.39. The SMILES string of the molecule is Cc1cccc(C2(CNC(=O)CNC(=O)[C@@H](N)C(C)C)CCCCC2)c1.Cl. The van der Waals surface area contributed by atoms with E-state index in [2.05, 4.69) is 41.8 Å². The summed E-state index contributed by atoms with van der Waals surface area (Å²) < 4.78 is 0. The second kappa shape index (κ2) is 10.7. The van der Waals surface area contributed by atoms with Gasteiger partial charge in [-0.1, -0.05) is 62.9 Å². The molecule has 0 unspecified atom stereocenters. The molecule has 2 rings (SSSR count).